The highest BCUT2D eigenvalue weighted by Crippen LogP contribution is 2.35. The van der Waals surface area contributed by atoms with E-state index in [2.05, 4.69) is 10.3 Å². The van der Waals surface area contributed by atoms with E-state index < -0.39 is 5.91 Å². The Morgan fingerprint density at radius 1 is 0.933 bits per heavy atom. The van der Waals surface area contributed by atoms with Gasteiger partial charge in [-0.15, -0.1) is 0 Å². The van der Waals surface area contributed by atoms with Crippen molar-refractivity contribution < 1.29 is 14.3 Å². The molecule has 1 aromatic heterocycles. The molecule has 1 aliphatic heterocycles. The molecule has 30 heavy (non-hydrogen) atoms. The van der Waals surface area contributed by atoms with Crippen LogP contribution in [0.15, 0.2) is 78.6 Å². The normalized spacial score (nSPS) is 13.7. The van der Waals surface area contributed by atoms with Gasteiger partial charge in [0.25, 0.3) is 11.8 Å². The molecule has 2 aromatic carbocycles. The largest absolute Gasteiger partial charge is 0.496 e. The molecule has 0 bridgehead atoms. The molecule has 1 N–H and O–H groups in total. The lowest BCUT2D eigenvalue weighted by Crippen LogP contribution is -2.32. The minimum Gasteiger partial charge on any atom is -0.496 e. The molecule has 0 aliphatic carbocycles. The van der Waals surface area contributed by atoms with Crippen molar-refractivity contribution in [2.24, 2.45) is 0 Å². The zero-order valence-electron chi connectivity index (χ0n) is 16.8. The lowest BCUT2D eigenvalue weighted by atomic mass is 10.0. The predicted molar refractivity (Wildman–Crippen MR) is 115 cm³/mol. The fourth-order valence-corrected chi connectivity index (χ4v) is 3.37. The van der Waals surface area contributed by atoms with E-state index in [9.17, 15) is 9.59 Å². The number of nitrogens with one attached hydrogen (secondary N) is 1. The summed E-state index contributed by atoms with van der Waals surface area (Å²) in [4.78, 5) is 32.1. The van der Waals surface area contributed by atoms with Crippen molar-refractivity contribution >= 4 is 23.1 Å². The van der Waals surface area contributed by atoms with Crippen molar-refractivity contribution in [2.45, 2.75) is 13.5 Å². The number of aryl methyl sites for hydroxylation is 1. The summed E-state index contributed by atoms with van der Waals surface area (Å²) in [6.45, 7) is 2.08. The van der Waals surface area contributed by atoms with Gasteiger partial charge in [0.05, 0.1) is 24.9 Å². The van der Waals surface area contributed by atoms with Gasteiger partial charge in [-0.1, -0.05) is 42.0 Å². The van der Waals surface area contributed by atoms with Crippen LogP contribution < -0.4 is 10.1 Å². The average Bonchev–Trinajstić information content (AvgIpc) is 3.00. The van der Waals surface area contributed by atoms with E-state index in [4.69, 9.17) is 4.74 Å². The summed E-state index contributed by atoms with van der Waals surface area (Å²) in [6, 6.07) is 20.2. The number of rotatable bonds is 6. The van der Waals surface area contributed by atoms with E-state index in [1.165, 1.54) is 4.90 Å². The highest BCUT2D eigenvalue weighted by Gasteiger charge is 2.40. The molecule has 0 unspecified atom stereocenters. The van der Waals surface area contributed by atoms with Gasteiger partial charge in [-0.2, -0.15) is 0 Å². The number of para-hydroxylation sites is 1. The average molecular weight is 399 g/mol. The number of imide groups is 1. The molecule has 0 saturated heterocycles. The lowest BCUT2D eigenvalue weighted by molar-refractivity contribution is -0.137. The van der Waals surface area contributed by atoms with E-state index in [1.807, 2.05) is 49.4 Å². The maximum Gasteiger partial charge on any atom is 0.278 e. The summed E-state index contributed by atoms with van der Waals surface area (Å²) < 4.78 is 5.45. The summed E-state index contributed by atoms with van der Waals surface area (Å²) in [5, 5.41) is 3.16. The Morgan fingerprint density at radius 2 is 1.67 bits per heavy atom. The molecule has 0 spiro atoms. The van der Waals surface area contributed by atoms with Crippen LogP contribution in [0.25, 0.3) is 5.57 Å². The Hall–Kier alpha value is -3.93. The van der Waals surface area contributed by atoms with Gasteiger partial charge in [0, 0.05) is 17.4 Å². The number of pyridine rings is 1. The second-order valence-corrected chi connectivity index (χ2v) is 6.96. The monoisotopic (exact) mass is 399 g/mol. The van der Waals surface area contributed by atoms with Crippen LogP contribution in [0.4, 0.5) is 5.69 Å². The van der Waals surface area contributed by atoms with E-state index in [1.54, 1.807) is 37.6 Å². The van der Waals surface area contributed by atoms with Crippen LogP contribution in [-0.4, -0.2) is 28.8 Å². The van der Waals surface area contributed by atoms with Gasteiger partial charge in [-0.05, 0) is 37.3 Å². The molecule has 3 aromatic rings. The summed E-state index contributed by atoms with van der Waals surface area (Å²) in [5.41, 5.74) is 3.54. The first-order valence-electron chi connectivity index (χ1n) is 9.56. The summed E-state index contributed by atoms with van der Waals surface area (Å²) in [6.07, 6.45) is 1.64. The van der Waals surface area contributed by atoms with Gasteiger partial charge in [0.1, 0.15) is 11.4 Å². The van der Waals surface area contributed by atoms with E-state index >= 15 is 0 Å². The quantitative estimate of drug-likeness (QED) is 0.639. The highest BCUT2D eigenvalue weighted by atomic mass is 16.5. The van der Waals surface area contributed by atoms with Gasteiger partial charge in [0.15, 0.2) is 0 Å². The standard InChI is InChI=1S/C24H21N3O3/c1-16-10-12-17(13-11-16)26-22-21(19-8-3-4-9-20(19)30-2)23(28)27(24(22)29)15-18-7-5-6-14-25-18/h3-14,26H,15H2,1-2H3. The van der Waals surface area contributed by atoms with Crippen molar-refractivity contribution in [3.05, 3.63) is 95.4 Å². The van der Waals surface area contributed by atoms with Crippen LogP contribution >= 0.6 is 0 Å². The van der Waals surface area contributed by atoms with Crippen molar-refractivity contribution in [1.82, 2.24) is 9.88 Å². The third-order valence-electron chi connectivity index (χ3n) is 4.91. The molecule has 6 nitrogen and oxygen atoms in total. The van der Waals surface area contributed by atoms with Crippen molar-refractivity contribution in [3.63, 3.8) is 0 Å². The first-order chi connectivity index (χ1) is 14.6. The van der Waals surface area contributed by atoms with Crippen molar-refractivity contribution in [2.75, 3.05) is 12.4 Å². The molecule has 0 atom stereocenters. The number of carbonyl (C=O) groups is 2. The lowest BCUT2D eigenvalue weighted by Gasteiger charge is -2.15. The fraction of sp³-hybridized carbons (Fsp3) is 0.125. The Kier molecular flexibility index (Phi) is 5.30. The number of benzene rings is 2. The molecule has 0 saturated carbocycles. The van der Waals surface area contributed by atoms with Crippen LogP contribution in [0.1, 0.15) is 16.8 Å². The molecular weight excluding hydrogens is 378 g/mol. The minimum atomic E-state index is -0.396. The van der Waals surface area contributed by atoms with Crippen LogP contribution in [0.3, 0.4) is 0 Å². The molecular formula is C24H21N3O3. The van der Waals surface area contributed by atoms with Crippen LogP contribution in [-0.2, 0) is 16.1 Å². The third kappa shape index (κ3) is 3.67. The zero-order valence-corrected chi connectivity index (χ0v) is 16.8. The molecule has 2 amide bonds. The number of nitrogens with zero attached hydrogens (tertiary/aromatic N) is 2. The molecule has 2 heterocycles. The van der Waals surface area contributed by atoms with Gasteiger partial charge in [-0.25, -0.2) is 0 Å². The van der Waals surface area contributed by atoms with Gasteiger partial charge >= 0.3 is 0 Å². The van der Waals surface area contributed by atoms with Crippen molar-refractivity contribution in [1.29, 1.82) is 0 Å². The van der Waals surface area contributed by atoms with E-state index in [0.717, 1.165) is 11.3 Å². The van der Waals surface area contributed by atoms with Crippen LogP contribution in [0.5, 0.6) is 5.75 Å². The van der Waals surface area contributed by atoms with Gasteiger partial charge in [-0.3, -0.25) is 19.5 Å². The first-order valence-corrected chi connectivity index (χ1v) is 9.56. The summed E-state index contributed by atoms with van der Waals surface area (Å²) >= 11 is 0. The molecule has 150 valence electrons. The number of hydrogen-bond acceptors (Lipinski definition) is 5. The molecule has 4 rings (SSSR count). The minimum absolute atomic E-state index is 0.0935. The molecule has 6 heteroatoms. The van der Waals surface area contributed by atoms with Crippen molar-refractivity contribution in [3.8, 4) is 5.75 Å². The number of aromatic nitrogens is 1. The zero-order chi connectivity index (χ0) is 21.1. The Balaban J connectivity index is 1.78. The molecule has 0 radical (unpaired) electrons. The maximum absolute atomic E-state index is 13.4. The Morgan fingerprint density at radius 3 is 2.37 bits per heavy atom. The topological polar surface area (TPSA) is 71.5 Å². The number of hydrogen-bond donors (Lipinski definition) is 1. The number of ether oxygens (including phenoxy) is 1. The molecule has 0 fully saturated rings. The first kappa shape index (κ1) is 19.4. The number of methoxy groups -OCH3 is 1. The third-order valence-corrected chi connectivity index (χ3v) is 4.91. The second-order valence-electron chi connectivity index (χ2n) is 6.96. The van der Waals surface area contributed by atoms with Gasteiger partial charge in [0.2, 0.25) is 0 Å². The predicted octanol–water partition coefficient (Wildman–Crippen LogP) is 3.79. The number of amides is 2. The van der Waals surface area contributed by atoms with E-state index in [0.29, 0.717) is 17.0 Å². The van der Waals surface area contributed by atoms with E-state index in [-0.39, 0.29) is 23.7 Å². The second kappa shape index (κ2) is 8.21. The number of carbonyl (C=O) groups excluding carboxylic acids is 2. The smallest absolute Gasteiger partial charge is 0.278 e. The Bertz CT molecular complexity index is 1120. The Labute approximate surface area is 174 Å². The van der Waals surface area contributed by atoms with Gasteiger partial charge < -0.3 is 10.1 Å². The van der Waals surface area contributed by atoms with Crippen LogP contribution in [0.2, 0.25) is 0 Å². The number of anilines is 1. The van der Waals surface area contributed by atoms with Crippen LogP contribution in [0, 0.1) is 6.92 Å². The summed E-state index contributed by atoms with van der Waals surface area (Å²) in [7, 11) is 1.54. The fourth-order valence-electron chi connectivity index (χ4n) is 3.37. The SMILES string of the molecule is COc1ccccc1C1=C(Nc2ccc(C)cc2)C(=O)N(Cc2ccccn2)C1=O. The highest BCUT2D eigenvalue weighted by molar-refractivity contribution is 6.36. The maximum atomic E-state index is 13.4. The summed E-state index contributed by atoms with van der Waals surface area (Å²) in [5.74, 6) is -0.256. The molecule has 1 aliphatic rings.